The quantitative estimate of drug-likeness (QED) is 0.550. The SMILES string of the molecule is O=C(O)CSc1ccc(NC(=O)OCC2c3ccccc3-c3ccccc32)cc1. The summed E-state index contributed by atoms with van der Waals surface area (Å²) in [6, 6.07) is 23.4. The molecule has 0 atom stereocenters. The van der Waals surface area contributed by atoms with Crippen molar-refractivity contribution in [1.29, 1.82) is 0 Å². The second-order valence-corrected chi connectivity index (χ2v) is 7.71. The summed E-state index contributed by atoms with van der Waals surface area (Å²) in [5.41, 5.74) is 5.31. The molecule has 0 aromatic heterocycles. The van der Waals surface area contributed by atoms with Crippen molar-refractivity contribution in [2.24, 2.45) is 0 Å². The maximum Gasteiger partial charge on any atom is 0.411 e. The summed E-state index contributed by atoms with van der Waals surface area (Å²) in [5.74, 6) is -0.849. The molecule has 5 nitrogen and oxygen atoms in total. The van der Waals surface area contributed by atoms with Gasteiger partial charge in [0, 0.05) is 16.5 Å². The summed E-state index contributed by atoms with van der Waals surface area (Å²) in [6.07, 6.45) is -0.516. The molecule has 3 aromatic carbocycles. The Morgan fingerprint density at radius 2 is 1.48 bits per heavy atom. The van der Waals surface area contributed by atoms with Crippen LogP contribution >= 0.6 is 11.8 Å². The third-order valence-corrected chi connectivity index (χ3v) is 5.80. The lowest BCUT2D eigenvalue weighted by Crippen LogP contribution is -2.17. The Bertz CT molecular complexity index is 1000. The number of hydrogen-bond donors (Lipinski definition) is 2. The van der Waals surface area contributed by atoms with Gasteiger partial charge in [0.2, 0.25) is 0 Å². The predicted molar refractivity (Wildman–Crippen MR) is 113 cm³/mol. The monoisotopic (exact) mass is 405 g/mol. The van der Waals surface area contributed by atoms with E-state index in [-0.39, 0.29) is 18.3 Å². The van der Waals surface area contributed by atoms with E-state index >= 15 is 0 Å². The molecule has 6 heteroatoms. The van der Waals surface area contributed by atoms with Crippen LogP contribution in [0.5, 0.6) is 0 Å². The summed E-state index contributed by atoms with van der Waals surface area (Å²) in [7, 11) is 0. The van der Waals surface area contributed by atoms with Crippen LogP contribution in [0.1, 0.15) is 17.0 Å². The van der Waals surface area contributed by atoms with Crippen LogP contribution in [0.15, 0.2) is 77.7 Å². The van der Waals surface area contributed by atoms with Gasteiger partial charge in [-0.05, 0) is 46.5 Å². The summed E-state index contributed by atoms with van der Waals surface area (Å²) < 4.78 is 5.52. The average Bonchev–Trinajstić information content (AvgIpc) is 3.05. The molecule has 0 radical (unpaired) electrons. The number of ether oxygens (including phenoxy) is 1. The minimum atomic E-state index is -0.865. The number of carbonyl (C=O) groups is 2. The molecule has 0 saturated carbocycles. The van der Waals surface area contributed by atoms with Crippen LogP contribution in [0.25, 0.3) is 11.1 Å². The molecule has 0 aliphatic heterocycles. The molecule has 2 N–H and O–H groups in total. The van der Waals surface area contributed by atoms with Crippen LogP contribution in [-0.2, 0) is 9.53 Å². The standard InChI is InChI=1S/C23H19NO4S/c25-22(26)14-29-16-11-9-15(10-12-16)24-23(27)28-13-21-19-7-3-1-5-17(19)18-6-2-4-8-20(18)21/h1-12,21H,13-14H2,(H,24,27)(H,25,26). The van der Waals surface area contributed by atoms with E-state index in [1.807, 2.05) is 24.3 Å². The number of aliphatic carboxylic acids is 1. The van der Waals surface area contributed by atoms with Gasteiger partial charge in [0.25, 0.3) is 0 Å². The smallest absolute Gasteiger partial charge is 0.411 e. The first-order valence-electron chi connectivity index (χ1n) is 9.18. The first-order valence-corrected chi connectivity index (χ1v) is 10.2. The zero-order chi connectivity index (χ0) is 20.2. The molecular weight excluding hydrogens is 386 g/mol. The molecule has 0 saturated heterocycles. The number of rotatable bonds is 6. The Morgan fingerprint density at radius 1 is 0.897 bits per heavy atom. The van der Waals surface area contributed by atoms with Gasteiger partial charge < -0.3 is 9.84 Å². The van der Waals surface area contributed by atoms with E-state index in [1.54, 1.807) is 24.3 Å². The third-order valence-electron chi connectivity index (χ3n) is 4.81. The van der Waals surface area contributed by atoms with Crippen molar-refractivity contribution >= 4 is 29.5 Å². The Morgan fingerprint density at radius 3 is 2.07 bits per heavy atom. The normalized spacial score (nSPS) is 12.1. The highest BCUT2D eigenvalue weighted by molar-refractivity contribution is 8.00. The number of carbonyl (C=O) groups excluding carboxylic acids is 1. The summed E-state index contributed by atoms with van der Waals surface area (Å²) in [5, 5.41) is 11.4. The number of anilines is 1. The van der Waals surface area contributed by atoms with Crippen molar-refractivity contribution in [3.63, 3.8) is 0 Å². The number of nitrogens with one attached hydrogen (secondary N) is 1. The largest absolute Gasteiger partial charge is 0.481 e. The Hall–Kier alpha value is -3.25. The fourth-order valence-electron chi connectivity index (χ4n) is 3.53. The minimum Gasteiger partial charge on any atom is -0.481 e. The number of hydrogen-bond acceptors (Lipinski definition) is 4. The second-order valence-electron chi connectivity index (χ2n) is 6.66. The fraction of sp³-hybridized carbons (Fsp3) is 0.130. The number of amides is 1. The van der Waals surface area contributed by atoms with Gasteiger partial charge in [-0.15, -0.1) is 11.8 Å². The lowest BCUT2D eigenvalue weighted by Gasteiger charge is -2.14. The van der Waals surface area contributed by atoms with Crippen LogP contribution in [0.4, 0.5) is 10.5 Å². The van der Waals surface area contributed by atoms with Gasteiger partial charge in [-0.3, -0.25) is 10.1 Å². The van der Waals surface area contributed by atoms with E-state index in [0.29, 0.717) is 5.69 Å². The maximum atomic E-state index is 12.3. The first-order chi connectivity index (χ1) is 14.1. The predicted octanol–water partition coefficient (Wildman–Crippen LogP) is 5.22. The van der Waals surface area contributed by atoms with E-state index in [2.05, 4.69) is 29.6 Å². The first kappa shape index (κ1) is 19.1. The minimum absolute atomic E-state index is 0.000840. The average molecular weight is 405 g/mol. The summed E-state index contributed by atoms with van der Waals surface area (Å²) in [6.45, 7) is 0.256. The van der Waals surface area contributed by atoms with Gasteiger partial charge in [0.05, 0.1) is 5.75 Å². The molecule has 4 rings (SSSR count). The van der Waals surface area contributed by atoms with E-state index in [1.165, 1.54) is 34.0 Å². The molecule has 1 amide bonds. The molecule has 0 unspecified atom stereocenters. The van der Waals surface area contributed by atoms with Crippen molar-refractivity contribution < 1.29 is 19.4 Å². The zero-order valence-corrected chi connectivity index (χ0v) is 16.3. The number of carboxylic acids is 1. The highest BCUT2D eigenvalue weighted by Gasteiger charge is 2.28. The molecule has 1 aliphatic carbocycles. The molecule has 146 valence electrons. The molecule has 0 heterocycles. The lowest BCUT2D eigenvalue weighted by molar-refractivity contribution is -0.133. The van der Waals surface area contributed by atoms with Gasteiger partial charge in [-0.2, -0.15) is 0 Å². The highest BCUT2D eigenvalue weighted by Crippen LogP contribution is 2.44. The Labute approximate surface area is 172 Å². The van der Waals surface area contributed by atoms with Crippen molar-refractivity contribution in [2.75, 3.05) is 17.7 Å². The zero-order valence-electron chi connectivity index (χ0n) is 15.5. The second kappa shape index (κ2) is 8.41. The third kappa shape index (κ3) is 4.27. The van der Waals surface area contributed by atoms with Crippen LogP contribution in [0.2, 0.25) is 0 Å². The molecule has 29 heavy (non-hydrogen) atoms. The maximum absolute atomic E-state index is 12.3. The van der Waals surface area contributed by atoms with Crippen molar-refractivity contribution in [3.8, 4) is 11.1 Å². The van der Waals surface area contributed by atoms with Gasteiger partial charge in [-0.25, -0.2) is 4.79 Å². The number of thioether (sulfide) groups is 1. The van der Waals surface area contributed by atoms with Gasteiger partial charge >= 0.3 is 12.1 Å². The van der Waals surface area contributed by atoms with Crippen LogP contribution < -0.4 is 5.32 Å². The number of fused-ring (bicyclic) bond motifs is 3. The van der Waals surface area contributed by atoms with E-state index in [0.717, 1.165) is 4.90 Å². The molecule has 3 aromatic rings. The van der Waals surface area contributed by atoms with Crippen molar-refractivity contribution in [3.05, 3.63) is 83.9 Å². The van der Waals surface area contributed by atoms with E-state index in [4.69, 9.17) is 9.84 Å². The van der Waals surface area contributed by atoms with Crippen molar-refractivity contribution in [2.45, 2.75) is 10.8 Å². The summed E-state index contributed by atoms with van der Waals surface area (Å²) in [4.78, 5) is 23.7. The van der Waals surface area contributed by atoms with Crippen LogP contribution in [0.3, 0.4) is 0 Å². The number of carboxylic acid groups (broad SMARTS) is 1. The van der Waals surface area contributed by atoms with Crippen LogP contribution in [0, 0.1) is 0 Å². The fourth-order valence-corrected chi connectivity index (χ4v) is 4.15. The molecular formula is C23H19NO4S. The molecule has 0 spiro atoms. The topological polar surface area (TPSA) is 75.6 Å². The number of benzene rings is 3. The van der Waals surface area contributed by atoms with E-state index in [9.17, 15) is 9.59 Å². The molecule has 1 aliphatic rings. The van der Waals surface area contributed by atoms with Crippen molar-refractivity contribution in [1.82, 2.24) is 0 Å². The van der Waals surface area contributed by atoms with Gasteiger partial charge in [0.15, 0.2) is 0 Å². The van der Waals surface area contributed by atoms with Gasteiger partial charge in [0.1, 0.15) is 6.61 Å². The Balaban J connectivity index is 1.38. The van der Waals surface area contributed by atoms with E-state index < -0.39 is 12.1 Å². The summed E-state index contributed by atoms with van der Waals surface area (Å²) >= 11 is 1.23. The molecule has 0 fully saturated rings. The molecule has 0 bridgehead atoms. The van der Waals surface area contributed by atoms with Gasteiger partial charge in [-0.1, -0.05) is 48.5 Å². The Kier molecular flexibility index (Phi) is 5.53. The van der Waals surface area contributed by atoms with Crippen LogP contribution in [-0.4, -0.2) is 29.5 Å². The lowest BCUT2D eigenvalue weighted by atomic mass is 9.98. The highest BCUT2D eigenvalue weighted by atomic mass is 32.2.